The van der Waals surface area contributed by atoms with Crippen LogP contribution in [0.15, 0.2) is 12.1 Å². The van der Waals surface area contributed by atoms with Crippen molar-refractivity contribution in [3.63, 3.8) is 0 Å². The van der Waals surface area contributed by atoms with E-state index in [0.29, 0.717) is 0 Å². The van der Waals surface area contributed by atoms with Gasteiger partial charge in [-0.3, -0.25) is 0 Å². The molecule has 2 rings (SSSR count). The molecule has 3 nitrogen and oxygen atoms in total. The molecule has 1 aliphatic carbocycles. The highest BCUT2D eigenvalue weighted by atomic mass is 16.3. The monoisotopic (exact) mass is 248 g/mol. The molecule has 0 amide bonds. The van der Waals surface area contributed by atoms with Gasteiger partial charge >= 0.3 is 0 Å². The number of aliphatic hydroxyl groups excluding tert-OH is 1. The summed E-state index contributed by atoms with van der Waals surface area (Å²) in [6.45, 7) is 6.55. The highest BCUT2D eigenvalue weighted by Gasteiger charge is 2.24. The zero-order valence-electron chi connectivity index (χ0n) is 11.5. The number of anilines is 1. The Morgan fingerprint density at radius 3 is 2.67 bits per heavy atom. The van der Waals surface area contributed by atoms with Crippen molar-refractivity contribution in [3.05, 3.63) is 23.4 Å². The standard InChI is InChI=1S/C15H24N2O/c1-3-5-14-8-13(11-18)9-15(16-14)17(4-2)10-12-6-7-12/h8-9,12,18H,3-7,10-11H2,1-2H3. The molecule has 1 N–H and O–H groups in total. The third kappa shape index (κ3) is 3.45. The Morgan fingerprint density at radius 1 is 1.33 bits per heavy atom. The first kappa shape index (κ1) is 13.3. The molecule has 1 heterocycles. The summed E-state index contributed by atoms with van der Waals surface area (Å²) in [4.78, 5) is 7.08. The summed E-state index contributed by atoms with van der Waals surface area (Å²) in [7, 11) is 0. The number of aromatic nitrogens is 1. The van der Waals surface area contributed by atoms with Gasteiger partial charge in [-0.25, -0.2) is 4.98 Å². The summed E-state index contributed by atoms with van der Waals surface area (Å²) in [5.41, 5.74) is 2.09. The van der Waals surface area contributed by atoms with Gasteiger partial charge in [0, 0.05) is 18.8 Å². The highest BCUT2D eigenvalue weighted by molar-refractivity contribution is 5.43. The van der Waals surface area contributed by atoms with Crippen LogP contribution in [0.25, 0.3) is 0 Å². The molecule has 3 heteroatoms. The van der Waals surface area contributed by atoms with Crippen molar-refractivity contribution >= 4 is 5.82 Å². The summed E-state index contributed by atoms with van der Waals surface area (Å²) < 4.78 is 0. The summed E-state index contributed by atoms with van der Waals surface area (Å²) in [6.07, 6.45) is 4.80. The molecule has 0 atom stereocenters. The lowest BCUT2D eigenvalue weighted by molar-refractivity contribution is 0.281. The van der Waals surface area contributed by atoms with E-state index in [0.717, 1.165) is 48.9 Å². The molecule has 0 saturated heterocycles. The lowest BCUT2D eigenvalue weighted by Crippen LogP contribution is -2.26. The zero-order chi connectivity index (χ0) is 13.0. The smallest absolute Gasteiger partial charge is 0.129 e. The molecule has 1 aliphatic rings. The van der Waals surface area contributed by atoms with Crippen LogP contribution in [0.5, 0.6) is 0 Å². The van der Waals surface area contributed by atoms with Crippen molar-refractivity contribution in [2.45, 2.75) is 46.1 Å². The maximum absolute atomic E-state index is 9.36. The fourth-order valence-electron chi connectivity index (χ4n) is 2.27. The van der Waals surface area contributed by atoms with E-state index in [-0.39, 0.29) is 6.61 Å². The van der Waals surface area contributed by atoms with Gasteiger partial charge in [-0.05, 0) is 49.8 Å². The zero-order valence-corrected chi connectivity index (χ0v) is 11.5. The van der Waals surface area contributed by atoms with Gasteiger partial charge < -0.3 is 10.0 Å². The average Bonchev–Trinajstić information content (AvgIpc) is 3.19. The molecular weight excluding hydrogens is 224 g/mol. The van der Waals surface area contributed by atoms with Crippen molar-refractivity contribution in [3.8, 4) is 0 Å². The molecule has 18 heavy (non-hydrogen) atoms. The van der Waals surface area contributed by atoms with Crippen molar-refractivity contribution in [2.24, 2.45) is 5.92 Å². The van der Waals surface area contributed by atoms with Gasteiger partial charge in [-0.2, -0.15) is 0 Å². The van der Waals surface area contributed by atoms with Crippen LogP contribution in [0.2, 0.25) is 0 Å². The molecule has 100 valence electrons. The highest BCUT2D eigenvalue weighted by Crippen LogP contribution is 2.31. The maximum Gasteiger partial charge on any atom is 0.129 e. The van der Waals surface area contributed by atoms with Crippen LogP contribution in [-0.4, -0.2) is 23.2 Å². The second-order valence-electron chi connectivity index (χ2n) is 5.22. The van der Waals surface area contributed by atoms with Crippen LogP contribution in [0, 0.1) is 5.92 Å². The van der Waals surface area contributed by atoms with Crippen LogP contribution in [0.1, 0.15) is 44.4 Å². The van der Waals surface area contributed by atoms with Crippen LogP contribution in [-0.2, 0) is 13.0 Å². The molecule has 1 aromatic heterocycles. The molecule has 0 radical (unpaired) electrons. The first-order valence-electron chi connectivity index (χ1n) is 7.12. The quantitative estimate of drug-likeness (QED) is 0.806. The topological polar surface area (TPSA) is 36.4 Å². The third-order valence-electron chi connectivity index (χ3n) is 3.49. The second kappa shape index (κ2) is 6.19. The molecule has 1 aromatic rings. The molecule has 0 unspecified atom stereocenters. The first-order chi connectivity index (χ1) is 8.76. The fraction of sp³-hybridized carbons (Fsp3) is 0.667. The summed E-state index contributed by atoms with van der Waals surface area (Å²) in [6, 6.07) is 4.06. The molecule has 0 aliphatic heterocycles. The number of aryl methyl sites for hydroxylation is 1. The Hall–Kier alpha value is -1.09. The van der Waals surface area contributed by atoms with E-state index in [1.54, 1.807) is 0 Å². The SMILES string of the molecule is CCCc1cc(CO)cc(N(CC)CC2CC2)n1. The minimum absolute atomic E-state index is 0.104. The number of pyridine rings is 1. The molecule has 1 saturated carbocycles. The average molecular weight is 248 g/mol. The Kier molecular flexibility index (Phi) is 4.59. The van der Waals surface area contributed by atoms with E-state index in [4.69, 9.17) is 4.98 Å². The van der Waals surface area contributed by atoms with Crippen molar-refractivity contribution in [1.82, 2.24) is 4.98 Å². The fourth-order valence-corrected chi connectivity index (χ4v) is 2.27. The van der Waals surface area contributed by atoms with E-state index in [1.807, 2.05) is 12.1 Å². The van der Waals surface area contributed by atoms with E-state index in [1.165, 1.54) is 12.8 Å². The number of hydrogen-bond acceptors (Lipinski definition) is 3. The van der Waals surface area contributed by atoms with E-state index < -0.39 is 0 Å². The Morgan fingerprint density at radius 2 is 2.11 bits per heavy atom. The van der Waals surface area contributed by atoms with E-state index in [2.05, 4.69) is 18.7 Å². The van der Waals surface area contributed by atoms with Gasteiger partial charge in [0.05, 0.1) is 6.61 Å². The minimum atomic E-state index is 0.104. The van der Waals surface area contributed by atoms with Gasteiger partial charge in [0.25, 0.3) is 0 Å². The lowest BCUT2D eigenvalue weighted by Gasteiger charge is -2.23. The number of nitrogens with zero attached hydrogens (tertiary/aromatic N) is 2. The Bertz CT molecular complexity index is 388. The van der Waals surface area contributed by atoms with Gasteiger partial charge in [-0.15, -0.1) is 0 Å². The first-order valence-corrected chi connectivity index (χ1v) is 7.12. The molecule has 0 bridgehead atoms. The van der Waals surface area contributed by atoms with Gasteiger partial charge in [-0.1, -0.05) is 13.3 Å². The van der Waals surface area contributed by atoms with Gasteiger partial charge in [0.1, 0.15) is 5.82 Å². The molecule has 1 fully saturated rings. The van der Waals surface area contributed by atoms with Crippen LogP contribution < -0.4 is 4.90 Å². The Labute approximate surface area is 110 Å². The van der Waals surface area contributed by atoms with Gasteiger partial charge in [0.15, 0.2) is 0 Å². The third-order valence-corrected chi connectivity index (χ3v) is 3.49. The number of rotatable bonds is 7. The largest absolute Gasteiger partial charge is 0.392 e. The summed E-state index contributed by atoms with van der Waals surface area (Å²) in [5, 5.41) is 9.36. The van der Waals surface area contributed by atoms with Crippen LogP contribution in [0.3, 0.4) is 0 Å². The number of hydrogen-bond donors (Lipinski definition) is 1. The van der Waals surface area contributed by atoms with E-state index in [9.17, 15) is 5.11 Å². The summed E-state index contributed by atoms with van der Waals surface area (Å²) >= 11 is 0. The minimum Gasteiger partial charge on any atom is -0.392 e. The van der Waals surface area contributed by atoms with Crippen molar-refractivity contribution < 1.29 is 5.11 Å². The number of aliphatic hydroxyl groups is 1. The predicted octanol–water partition coefficient (Wildman–Crippen LogP) is 2.76. The lowest BCUT2D eigenvalue weighted by atomic mass is 10.1. The van der Waals surface area contributed by atoms with Crippen LogP contribution in [0.4, 0.5) is 5.82 Å². The van der Waals surface area contributed by atoms with Crippen LogP contribution >= 0.6 is 0 Å². The second-order valence-corrected chi connectivity index (χ2v) is 5.22. The van der Waals surface area contributed by atoms with Crippen molar-refractivity contribution in [1.29, 1.82) is 0 Å². The molecular formula is C15H24N2O. The Balaban J connectivity index is 2.19. The predicted molar refractivity (Wildman–Crippen MR) is 74.8 cm³/mol. The van der Waals surface area contributed by atoms with Gasteiger partial charge in [0.2, 0.25) is 0 Å². The van der Waals surface area contributed by atoms with Crippen molar-refractivity contribution in [2.75, 3.05) is 18.0 Å². The maximum atomic E-state index is 9.36. The molecule has 0 aromatic carbocycles. The normalized spacial score (nSPS) is 14.8. The van der Waals surface area contributed by atoms with E-state index >= 15 is 0 Å². The molecule has 0 spiro atoms. The summed E-state index contributed by atoms with van der Waals surface area (Å²) in [5.74, 6) is 1.90.